The van der Waals surface area contributed by atoms with E-state index in [0.29, 0.717) is 5.54 Å². The van der Waals surface area contributed by atoms with Gasteiger partial charge in [0.25, 0.3) is 0 Å². The molecule has 2 nitrogen and oxygen atoms in total. The van der Waals surface area contributed by atoms with E-state index in [4.69, 9.17) is 0 Å². The van der Waals surface area contributed by atoms with Crippen molar-refractivity contribution in [1.29, 1.82) is 0 Å². The summed E-state index contributed by atoms with van der Waals surface area (Å²) in [5.74, 6) is 1.87. The molecule has 1 heterocycles. The van der Waals surface area contributed by atoms with E-state index >= 15 is 0 Å². The first kappa shape index (κ1) is 10.4. The monoisotopic (exact) mass is 196 g/mol. The van der Waals surface area contributed by atoms with Crippen molar-refractivity contribution in [2.45, 2.75) is 38.6 Å². The van der Waals surface area contributed by atoms with Gasteiger partial charge in [0.1, 0.15) is 0 Å². The number of hydrogen-bond donors (Lipinski definition) is 1. The molecule has 0 aromatic rings. The third kappa shape index (κ3) is 1.96. The van der Waals surface area contributed by atoms with Gasteiger partial charge in [0.05, 0.1) is 0 Å². The van der Waals surface area contributed by atoms with Gasteiger partial charge in [0.2, 0.25) is 0 Å². The van der Waals surface area contributed by atoms with E-state index in [1.807, 2.05) is 0 Å². The molecular weight excluding hydrogens is 172 g/mol. The molecule has 0 spiro atoms. The van der Waals surface area contributed by atoms with Crippen molar-refractivity contribution in [3.05, 3.63) is 0 Å². The quantitative estimate of drug-likeness (QED) is 0.736. The third-order valence-electron chi connectivity index (χ3n) is 4.17. The van der Waals surface area contributed by atoms with Crippen LogP contribution < -0.4 is 5.32 Å². The van der Waals surface area contributed by atoms with Crippen LogP contribution in [0.5, 0.6) is 0 Å². The van der Waals surface area contributed by atoms with Crippen LogP contribution in [-0.2, 0) is 0 Å². The molecule has 1 unspecified atom stereocenters. The van der Waals surface area contributed by atoms with E-state index in [-0.39, 0.29) is 0 Å². The van der Waals surface area contributed by atoms with Gasteiger partial charge in [-0.3, -0.25) is 4.90 Å². The summed E-state index contributed by atoms with van der Waals surface area (Å²) < 4.78 is 0. The zero-order valence-electron chi connectivity index (χ0n) is 9.84. The van der Waals surface area contributed by atoms with E-state index in [1.165, 1.54) is 38.9 Å². The van der Waals surface area contributed by atoms with Crippen molar-refractivity contribution >= 4 is 0 Å². The Morgan fingerprint density at radius 1 is 1.29 bits per heavy atom. The van der Waals surface area contributed by atoms with Crippen LogP contribution in [-0.4, -0.2) is 37.1 Å². The van der Waals surface area contributed by atoms with E-state index < -0.39 is 0 Å². The van der Waals surface area contributed by atoms with E-state index in [0.717, 1.165) is 11.8 Å². The molecule has 1 atom stereocenters. The smallest absolute Gasteiger partial charge is 0.0181 e. The number of likely N-dealkylation sites (tertiary alicyclic amines) is 1. The van der Waals surface area contributed by atoms with Crippen LogP contribution in [0, 0.1) is 11.8 Å². The molecule has 2 aliphatic rings. The molecule has 1 aliphatic heterocycles. The van der Waals surface area contributed by atoms with Crippen molar-refractivity contribution in [1.82, 2.24) is 10.2 Å². The third-order valence-corrected chi connectivity index (χ3v) is 4.17. The number of rotatable bonds is 4. The number of hydrogen-bond acceptors (Lipinski definition) is 2. The van der Waals surface area contributed by atoms with Gasteiger partial charge in [0.15, 0.2) is 0 Å². The van der Waals surface area contributed by atoms with Gasteiger partial charge >= 0.3 is 0 Å². The topological polar surface area (TPSA) is 15.3 Å². The summed E-state index contributed by atoms with van der Waals surface area (Å²) in [6, 6.07) is 0. The molecule has 1 aliphatic carbocycles. The van der Waals surface area contributed by atoms with Crippen LogP contribution in [0.1, 0.15) is 33.1 Å². The highest BCUT2D eigenvalue weighted by molar-refractivity contribution is 4.98. The second-order valence-electron chi connectivity index (χ2n) is 5.59. The molecule has 2 rings (SSSR count). The summed E-state index contributed by atoms with van der Waals surface area (Å²) in [6.07, 6.45) is 4.30. The fourth-order valence-electron chi connectivity index (χ4n) is 2.86. The average Bonchev–Trinajstić information content (AvgIpc) is 2.89. The highest BCUT2D eigenvalue weighted by atomic mass is 15.2. The minimum atomic E-state index is 0.475. The van der Waals surface area contributed by atoms with Gasteiger partial charge < -0.3 is 5.32 Å². The second kappa shape index (κ2) is 3.82. The van der Waals surface area contributed by atoms with Crippen molar-refractivity contribution in [3.8, 4) is 0 Å². The molecule has 0 aromatic heterocycles. The summed E-state index contributed by atoms with van der Waals surface area (Å²) in [7, 11) is 2.06. The molecule has 0 amide bonds. The first-order valence-electron chi connectivity index (χ1n) is 6.04. The van der Waals surface area contributed by atoms with Gasteiger partial charge in [0, 0.05) is 12.1 Å². The molecule has 2 heteroatoms. The minimum Gasteiger partial charge on any atom is -0.319 e. The average molecular weight is 196 g/mol. The van der Waals surface area contributed by atoms with Gasteiger partial charge in [-0.25, -0.2) is 0 Å². The lowest BCUT2D eigenvalue weighted by Crippen LogP contribution is -2.44. The number of nitrogens with one attached hydrogen (secondary N) is 1. The standard InChI is InChI=1S/C12H24N2/c1-12(2,11-4-5-11)14-7-6-10(9-14)8-13-3/h10-11,13H,4-9H2,1-3H3. The molecule has 1 saturated carbocycles. The largest absolute Gasteiger partial charge is 0.319 e. The summed E-state index contributed by atoms with van der Waals surface area (Å²) in [5.41, 5.74) is 0.475. The highest BCUT2D eigenvalue weighted by Crippen LogP contribution is 2.44. The Labute approximate surface area is 88.1 Å². The fraction of sp³-hybridized carbons (Fsp3) is 1.00. The lowest BCUT2D eigenvalue weighted by Gasteiger charge is -2.36. The van der Waals surface area contributed by atoms with E-state index in [1.54, 1.807) is 0 Å². The van der Waals surface area contributed by atoms with Crippen LogP contribution in [0.25, 0.3) is 0 Å². The van der Waals surface area contributed by atoms with Crippen LogP contribution >= 0.6 is 0 Å². The molecule has 0 aromatic carbocycles. The van der Waals surface area contributed by atoms with Crippen molar-refractivity contribution < 1.29 is 0 Å². The summed E-state index contributed by atoms with van der Waals surface area (Å²) in [5, 5.41) is 3.30. The Balaban J connectivity index is 1.87. The Morgan fingerprint density at radius 2 is 2.00 bits per heavy atom. The summed E-state index contributed by atoms with van der Waals surface area (Å²) in [6.45, 7) is 8.69. The summed E-state index contributed by atoms with van der Waals surface area (Å²) in [4.78, 5) is 2.71. The SMILES string of the molecule is CNCC1CCN(C(C)(C)C2CC2)C1. The van der Waals surface area contributed by atoms with Crippen LogP contribution in [0.2, 0.25) is 0 Å². The van der Waals surface area contributed by atoms with E-state index in [9.17, 15) is 0 Å². The van der Waals surface area contributed by atoms with Crippen LogP contribution in [0.15, 0.2) is 0 Å². The lowest BCUT2D eigenvalue weighted by molar-refractivity contribution is 0.125. The Bertz CT molecular complexity index is 196. The van der Waals surface area contributed by atoms with Crippen molar-refractivity contribution in [3.63, 3.8) is 0 Å². The first-order valence-corrected chi connectivity index (χ1v) is 6.04. The maximum absolute atomic E-state index is 3.30. The Morgan fingerprint density at radius 3 is 2.57 bits per heavy atom. The maximum Gasteiger partial charge on any atom is 0.0181 e. The predicted molar refractivity (Wildman–Crippen MR) is 60.4 cm³/mol. The Kier molecular flexibility index (Phi) is 2.85. The maximum atomic E-state index is 3.30. The van der Waals surface area contributed by atoms with Gasteiger partial charge in [-0.2, -0.15) is 0 Å². The number of nitrogens with zero attached hydrogens (tertiary/aromatic N) is 1. The molecule has 1 N–H and O–H groups in total. The molecule has 0 bridgehead atoms. The van der Waals surface area contributed by atoms with Gasteiger partial charge in [-0.15, -0.1) is 0 Å². The minimum absolute atomic E-state index is 0.475. The molecule has 14 heavy (non-hydrogen) atoms. The van der Waals surface area contributed by atoms with Crippen molar-refractivity contribution in [2.75, 3.05) is 26.7 Å². The zero-order chi connectivity index (χ0) is 10.2. The van der Waals surface area contributed by atoms with Gasteiger partial charge in [-0.1, -0.05) is 0 Å². The first-order chi connectivity index (χ1) is 6.64. The molecule has 1 saturated heterocycles. The molecule has 82 valence electrons. The normalized spacial score (nSPS) is 29.8. The van der Waals surface area contributed by atoms with E-state index in [2.05, 4.69) is 31.1 Å². The van der Waals surface area contributed by atoms with Crippen LogP contribution in [0.3, 0.4) is 0 Å². The lowest BCUT2D eigenvalue weighted by atomic mass is 9.96. The molecule has 0 radical (unpaired) electrons. The van der Waals surface area contributed by atoms with Crippen LogP contribution in [0.4, 0.5) is 0 Å². The summed E-state index contributed by atoms with van der Waals surface area (Å²) >= 11 is 0. The van der Waals surface area contributed by atoms with Crippen molar-refractivity contribution in [2.24, 2.45) is 11.8 Å². The van der Waals surface area contributed by atoms with Gasteiger partial charge in [-0.05, 0) is 65.1 Å². The predicted octanol–water partition coefficient (Wildman–Crippen LogP) is 1.72. The molecule has 2 fully saturated rings. The second-order valence-corrected chi connectivity index (χ2v) is 5.59. The fourth-order valence-corrected chi connectivity index (χ4v) is 2.86. The highest BCUT2D eigenvalue weighted by Gasteiger charge is 2.43. The zero-order valence-corrected chi connectivity index (χ0v) is 9.84. The Hall–Kier alpha value is -0.0800. The molecular formula is C12H24N2.